The summed E-state index contributed by atoms with van der Waals surface area (Å²) >= 11 is 0. The normalized spacial score (nSPS) is 15.9. The standard InChI is InChI=1S/C19H27N5O2/c1-5-24(18(25)26-19(2,3)4)14-7-12-23(13-8-14)17-16-15(6-9-22-17)20-10-11-21-16/h6,9-11,14H,5,7-8,12-13H2,1-4H3. The van der Waals surface area contributed by atoms with Gasteiger partial charge in [0.1, 0.15) is 11.1 Å². The highest BCUT2D eigenvalue weighted by Crippen LogP contribution is 2.26. The van der Waals surface area contributed by atoms with E-state index in [9.17, 15) is 4.79 Å². The summed E-state index contributed by atoms with van der Waals surface area (Å²) in [7, 11) is 0. The van der Waals surface area contributed by atoms with E-state index in [4.69, 9.17) is 4.74 Å². The second-order valence-electron chi connectivity index (χ2n) is 7.54. The Bertz CT molecular complexity index is 761. The number of nitrogens with zero attached hydrogens (tertiary/aromatic N) is 5. The van der Waals surface area contributed by atoms with E-state index in [1.807, 2.05) is 38.7 Å². The minimum absolute atomic E-state index is 0.187. The van der Waals surface area contributed by atoms with Crippen LogP contribution in [0.5, 0.6) is 0 Å². The van der Waals surface area contributed by atoms with Gasteiger partial charge in [-0.25, -0.2) is 14.8 Å². The molecule has 26 heavy (non-hydrogen) atoms. The Balaban J connectivity index is 1.69. The smallest absolute Gasteiger partial charge is 0.410 e. The second kappa shape index (κ2) is 7.43. The lowest BCUT2D eigenvalue weighted by Gasteiger charge is -2.39. The third-order valence-corrected chi connectivity index (χ3v) is 4.54. The van der Waals surface area contributed by atoms with E-state index in [2.05, 4.69) is 19.9 Å². The van der Waals surface area contributed by atoms with Gasteiger partial charge in [0.15, 0.2) is 5.82 Å². The van der Waals surface area contributed by atoms with E-state index < -0.39 is 5.60 Å². The maximum Gasteiger partial charge on any atom is 0.410 e. The molecule has 0 aromatic carbocycles. The molecule has 1 saturated heterocycles. The average Bonchev–Trinajstić information content (AvgIpc) is 2.61. The Morgan fingerprint density at radius 3 is 2.54 bits per heavy atom. The fourth-order valence-electron chi connectivity index (χ4n) is 3.36. The number of fused-ring (bicyclic) bond motifs is 1. The van der Waals surface area contributed by atoms with Crippen LogP contribution in [0.4, 0.5) is 10.6 Å². The molecule has 0 radical (unpaired) electrons. The lowest BCUT2D eigenvalue weighted by atomic mass is 10.0. The summed E-state index contributed by atoms with van der Waals surface area (Å²) in [6, 6.07) is 2.06. The van der Waals surface area contributed by atoms with Gasteiger partial charge in [-0.1, -0.05) is 0 Å². The van der Waals surface area contributed by atoms with Gasteiger partial charge >= 0.3 is 6.09 Å². The lowest BCUT2D eigenvalue weighted by molar-refractivity contribution is 0.0149. The molecule has 3 rings (SSSR count). The number of rotatable bonds is 3. The molecule has 7 nitrogen and oxygen atoms in total. The largest absolute Gasteiger partial charge is 0.444 e. The number of piperidine rings is 1. The van der Waals surface area contributed by atoms with Gasteiger partial charge in [0.25, 0.3) is 0 Å². The number of carbonyl (C=O) groups excluding carboxylic acids is 1. The highest BCUT2D eigenvalue weighted by atomic mass is 16.6. The number of hydrogen-bond acceptors (Lipinski definition) is 6. The van der Waals surface area contributed by atoms with Crippen molar-refractivity contribution in [3.8, 4) is 0 Å². The minimum Gasteiger partial charge on any atom is -0.444 e. The van der Waals surface area contributed by atoms with Crippen LogP contribution in [0.1, 0.15) is 40.5 Å². The fraction of sp³-hybridized carbons (Fsp3) is 0.579. The van der Waals surface area contributed by atoms with Crippen molar-refractivity contribution in [1.82, 2.24) is 19.9 Å². The zero-order valence-electron chi connectivity index (χ0n) is 16.0. The van der Waals surface area contributed by atoms with Crippen molar-refractivity contribution in [1.29, 1.82) is 0 Å². The van der Waals surface area contributed by atoms with E-state index in [-0.39, 0.29) is 12.1 Å². The predicted octanol–water partition coefficient (Wildman–Crippen LogP) is 3.25. The minimum atomic E-state index is -0.475. The van der Waals surface area contributed by atoms with Crippen molar-refractivity contribution >= 4 is 22.9 Å². The van der Waals surface area contributed by atoms with E-state index in [0.29, 0.717) is 6.54 Å². The van der Waals surface area contributed by atoms with Crippen molar-refractivity contribution in [2.75, 3.05) is 24.5 Å². The number of pyridine rings is 1. The van der Waals surface area contributed by atoms with Crippen LogP contribution >= 0.6 is 0 Å². The molecule has 1 aliphatic rings. The summed E-state index contributed by atoms with van der Waals surface area (Å²) in [5.74, 6) is 0.870. The Kier molecular flexibility index (Phi) is 5.25. The van der Waals surface area contributed by atoms with E-state index in [1.165, 1.54) is 0 Å². The van der Waals surface area contributed by atoms with Crippen LogP contribution in [0.15, 0.2) is 24.7 Å². The van der Waals surface area contributed by atoms with Gasteiger partial charge in [-0.15, -0.1) is 0 Å². The van der Waals surface area contributed by atoms with Crippen LogP contribution in [-0.2, 0) is 4.74 Å². The topological polar surface area (TPSA) is 71.5 Å². The lowest BCUT2D eigenvalue weighted by Crippen LogP contribution is -2.49. The molecule has 3 heterocycles. The molecule has 0 atom stereocenters. The SMILES string of the molecule is CCN(C(=O)OC(C)(C)C)C1CCN(c2nccc3nccnc23)CC1. The van der Waals surface area contributed by atoms with Gasteiger partial charge in [-0.3, -0.25) is 4.98 Å². The predicted molar refractivity (Wildman–Crippen MR) is 101 cm³/mol. The summed E-state index contributed by atoms with van der Waals surface area (Å²) in [6.07, 6.45) is 6.70. The maximum atomic E-state index is 12.5. The highest BCUT2D eigenvalue weighted by molar-refractivity contribution is 5.85. The quantitative estimate of drug-likeness (QED) is 0.840. The molecule has 1 aliphatic heterocycles. The van der Waals surface area contributed by atoms with Crippen molar-refractivity contribution in [2.45, 2.75) is 52.2 Å². The third kappa shape index (κ3) is 4.03. The molecule has 0 saturated carbocycles. The van der Waals surface area contributed by atoms with E-state index in [1.54, 1.807) is 18.6 Å². The molecular weight excluding hydrogens is 330 g/mol. The molecule has 0 unspecified atom stereocenters. The fourth-order valence-corrected chi connectivity index (χ4v) is 3.36. The average molecular weight is 357 g/mol. The van der Waals surface area contributed by atoms with Crippen molar-refractivity contribution in [2.24, 2.45) is 0 Å². The summed E-state index contributed by atoms with van der Waals surface area (Å²) in [5, 5.41) is 0. The summed E-state index contributed by atoms with van der Waals surface area (Å²) in [6.45, 7) is 9.99. The third-order valence-electron chi connectivity index (χ3n) is 4.54. The van der Waals surface area contributed by atoms with Crippen LogP contribution in [0.25, 0.3) is 11.0 Å². The van der Waals surface area contributed by atoms with Gasteiger partial charge in [0.05, 0.1) is 5.52 Å². The van der Waals surface area contributed by atoms with Crippen LogP contribution in [0.3, 0.4) is 0 Å². The van der Waals surface area contributed by atoms with Crippen LogP contribution in [0.2, 0.25) is 0 Å². The van der Waals surface area contributed by atoms with Crippen LogP contribution < -0.4 is 4.90 Å². The zero-order chi connectivity index (χ0) is 18.7. The second-order valence-corrected chi connectivity index (χ2v) is 7.54. The maximum absolute atomic E-state index is 12.5. The van der Waals surface area contributed by atoms with Gasteiger partial charge in [-0.05, 0) is 46.6 Å². The van der Waals surface area contributed by atoms with Gasteiger partial charge in [-0.2, -0.15) is 0 Å². The molecule has 0 N–H and O–H groups in total. The number of hydrogen-bond donors (Lipinski definition) is 0. The Labute approximate surface area is 154 Å². The first-order valence-electron chi connectivity index (χ1n) is 9.19. The molecule has 1 amide bonds. The first kappa shape index (κ1) is 18.4. The van der Waals surface area contributed by atoms with E-state index in [0.717, 1.165) is 42.8 Å². The first-order chi connectivity index (χ1) is 12.4. The highest BCUT2D eigenvalue weighted by Gasteiger charge is 2.30. The number of aromatic nitrogens is 3. The van der Waals surface area contributed by atoms with Gasteiger partial charge in [0, 0.05) is 44.3 Å². The molecule has 0 aliphatic carbocycles. The van der Waals surface area contributed by atoms with Gasteiger partial charge in [0.2, 0.25) is 0 Å². The zero-order valence-corrected chi connectivity index (χ0v) is 16.0. The monoisotopic (exact) mass is 357 g/mol. The van der Waals surface area contributed by atoms with Gasteiger partial charge < -0.3 is 14.5 Å². The molecule has 0 bridgehead atoms. The molecule has 2 aromatic rings. The van der Waals surface area contributed by atoms with E-state index >= 15 is 0 Å². The molecule has 2 aromatic heterocycles. The van der Waals surface area contributed by atoms with Crippen molar-refractivity contribution in [3.05, 3.63) is 24.7 Å². The summed E-state index contributed by atoms with van der Waals surface area (Å²) in [4.78, 5) is 29.9. The molecule has 0 spiro atoms. The Morgan fingerprint density at radius 1 is 1.19 bits per heavy atom. The number of carbonyl (C=O) groups is 1. The summed E-state index contributed by atoms with van der Waals surface area (Å²) < 4.78 is 5.56. The number of anilines is 1. The number of ether oxygens (including phenoxy) is 1. The van der Waals surface area contributed by atoms with Crippen molar-refractivity contribution in [3.63, 3.8) is 0 Å². The number of amides is 1. The summed E-state index contributed by atoms with van der Waals surface area (Å²) in [5.41, 5.74) is 1.20. The van der Waals surface area contributed by atoms with Crippen LogP contribution in [-0.4, -0.2) is 57.2 Å². The first-order valence-corrected chi connectivity index (χ1v) is 9.19. The molecule has 140 valence electrons. The molecule has 7 heteroatoms. The Morgan fingerprint density at radius 2 is 1.88 bits per heavy atom. The molecule has 1 fully saturated rings. The molecular formula is C19H27N5O2. The van der Waals surface area contributed by atoms with Crippen LogP contribution in [0, 0.1) is 0 Å². The Hall–Kier alpha value is -2.44. The van der Waals surface area contributed by atoms with Crippen molar-refractivity contribution < 1.29 is 9.53 Å².